The molecule has 0 unspecified atom stereocenters. The SMILES string of the molecule is O=C(Nc1ccc2cc[nH]c2c1)/C(=C\c1ccc(-c2ccccc2)o1)NC(=O)c1ccccc1. The Labute approximate surface area is 195 Å². The Kier molecular flexibility index (Phi) is 5.78. The number of carbonyl (C=O) groups is 2. The van der Waals surface area contributed by atoms with Gasteiger partial charge < -0.3 is 20.0 Å². The standard InChI is InChI=1S/C28H21N3O3/c32-27(21-9-5-2-6-10-21)31-25(18-23-13-14-26(34-23)20-7-3-1-4-8-20)28(33)30-22-12-11-19-15-16-29-24(19)17-22/h1-18,29H,(H,30,33)(H,31,32)/b25-18+. The molecule has 0 aliphatic rings. The van der Waals surface area contributed by atoms with E-state index in [1.54, 1.807) is 30.3 Å². The third-order valence-electron chi connectivity index (χ3n) is 5.31. The second kappa shape index (κ2) is 9.34. The molecule has 6 nitrogen and oxygen atoms in total. The fourth-order valence-corrected chi connectivity index (χ4v) is 3.60. The van der Waals surface area contributed by atoms with E-state index in [1.165, 1.54) is 6.08 Å². The van der Waals surface area contributed by atoms with E-state index in [-0.39, 0.29) is 5.70 Å². The van der Waals surface area contributed by atoms with E-state index in [1.807, 2.05) is 72.9 Å². The van der Waals surface area contributed by atoms with Gasteiger partial charge in [0.15, 0.2) is 0 Å². The first kappa shape index (κ1) is 21.0. The lowest BCUT2D eigenvalue weighted by atomic mass is 10.2. The number of aromatic amines is 1. The highest BCUT2D eigenvalue weighted by molar-refractivity contribution is 6.11. The monoisotopic (exact) mass is 447 g/mol. The molecule has 3 N–H and O–H groups in total. The number of amides is 2. The minimum absolute atomic E-state index is 0.0643. The summed E-state index contributed by atoms with van der Waals surface area (Å²) in [6, 6.07) is 29.5. The largest absolute Gasteiger partial charge is 0.457 e. The average molecular weight is 447 g/mol. The second-order valence-corrected chi connectivity index (χ2v) is 7.68. The van der Waals surface area contributed by atoms with Crippen molar-refractivity contribution in [1.82, 2.24) is 10.3 Å². The topological polar surface area (TPSA) is 87.1 Å². The van der Waals surface area contributed by atoms with Crippen LogP contribution in [0.4, 0.5) is 5.69 Å². The Morgan fingerprint density at radius 3 is 2.38 bits per heavy atom. The Hall–Kier alpha value is -4.84. The number of hydrogen-bond acceptors (Lipinski definition) is 3. The zero-order valence-corrected chi connectivity index (χ0v) is 18.1. The molecule has 166 valence electrons. The summed E-state index contributed by atoms with van der Waals surface area (Å²) in [5, 5.41) is 6.62. The number of hydrogen-bond donors (Lipinski definition) is 3. The maximum atomic E-state index is 13.2. The molecule has 2 aromatic heterocycles. The van der Waals surface area contributed by atoms with Gasteiger partial charge in [0.2, 0.25) is 0 Å². The van der Waals surface area contributed by atoms with Crippen LogP contribution in [0.25, 0.3) is 28.3 Å². The van der Waals surface area contributed by atoms with Crippen molar-refractivity contribution in [2.24, 2.45) is 0 Å². The first-order valence-corrected chi connectivity index (χ1v) is 10.8. The van der Waals surface area contributed by atoms with Gasteiger partial charge in [0, 0.05) is 34.6 Å². The van der Waals surface area contributed by atoms with Crippen molar-refractivity contribution < 1.29 is 14.0 Å². The van der Waals surface area contributed by atoms with Crippen LogP contribution in [-0.4, -0.2) is 16.8 Å². The minimum atomic E-state index is -0.465. The molecule has 0 aliphatic carbocycles. The Bertz CT molecular complexity index is 1480. The number of benzene rings is 3. The number of aromatic nitrogens is 1. The van der Waals surface area contributed by atoms with Gasteiger partial charge in [-0.15, -0.1) is 0 Å². The summed E-state index contributed by atoms with van der Waals surface area (Å²) in [4.78, 5) is 29.1. The zero-order valence-electron chi connectivity index (χ0n) is 18.1. The fourth-order valence-electron chi connectivity index (χ4n) is 3.60. The van der Waals surface area contributed by atoms with E-state index in [4.69, 9.17) is 4.42 Å². The molecule has 5 aromatic rings. The average Bonchev–Trinajstić information content (AvgIpc) is 3.54. The van der Waals surface area contributed by atoms with Crippen molar-refractivity contribution in [2.75, 3.05) is 5.32 Å². The van der Waals surface area contributed by atoms with Gasteiger partial charge in [0.05, 0.1) is 0 Å². The normalized spacial score (nSPS) is 11.4. The molecule has 0 atom stereocenters. The first-order chi connectivity index (χ1) is 16.7. The van der Waals surface area contributed by atoms with Crippen LogP contribution in [0.15, 0.2) is 113 Å². The zero-order chi connectivity index (χ0) is 23.3. The molecular formula is C28H21N3O3. The van der Waals surface area contributed by atoms with Crippen LogP contribution in [0.2, 0.25) is 0 Å². The molecular weight excluding hydrogens is 426 g/mol. The number of anilines is 1. The molecule has 5 rings (SSSR count). The molecule has 6 heteroatoms. The predicted molar refractivity (Wildman–Crippen MR) is 133 cm³/mol. The summed E-state index contributed by atoms with van der Waals surface area (Å²) < 4.78 is 5.92. The Morgan fingerprint density at radius 2 is 1.59 bits per heavy atom. The lowest BCUT2D eigenvalue weighted by molar-refractivity contribution is -0.113. The summed E-state index contributed by atoms with van der Waals surface area (Å²) in [6.07, 6.45) is 3.36. The van der Waals surface area contributed by atoms with Crippen molar-refractivity contribution in [3.63, 3.8) is 0 Å². The van der Waals surface area contributed by atoms with Gasteiger partial charge in [-0.3, -0.25) is 9.59 Å². The van der Waals surface area contributed by atoms with Crippen molar-refractivity contribution in [3.05, 3.63) is 120 Å². The van der Waals surface area contributed by atoms with E-state index in [2.05, 4.69) is 15.6 Å². The number of H-pyrrole nitrogens is 1. The quantitative estimate of drug-likeness (QED) is 0.286. The molecule has 0 radical (unpaired) electrons. The Balaban J connectivity index is 1.44. The predicted octanol–water partition coefficient (Wildman–Crippen LogP) is 5.84. The van der Waals surface area contributed by atoms with Crippen LogP contribution in [-0.2, 0) is 4.79 Å². The molecule has 0 saturated carbocycles. The summed E-state index contributed by atoms with van der Waals surface area (Å²) in [6.45, 7) is 0. The highest BCUT2D eigenvalue weighted by Crippen LogP contribution is 2.23. The van der Waals surface area contributed by atoms with Crippen LogP contribution in [0.3, 0.4) is 0 Å². The molecule has 0 fully saturated rings. The van der Waals surface area contributed by atoms with Gasteiger partial charge in [-0.2, -0.15) is 0 Å². The summed E-state index contributed by atoms with van der Waals surface area (Å²) >= 11 is 0. The van der Waals surface area contributed by atoms with Gasteiger partial charge in [0.1, 0.15) is 17.2 Å². The van der Waals surface area contributed by atoms with Gasteiger partial charge in [-0.05, 0) is 47.9 Å². The van der Waals surface area contributed by atoms with E-state index in [0.717, 1.165) is 16.5 Å². The van der Waals surface area contributed by atoms with Gasteiger partial charge in [-0.1, -0.05) is 54.6 Å². The van der Waals surface area contributed by atoms with Crippen LogP contribution < -0.4 is 10.6 Å². The van der Waals surface area contributed by atoms with Gasteiger partial charge in [-0.25, -0.2) is 0 Å². The summed E-state index contributed by atoms with van der Waals surface area (Å²) in [7, 11) is 0. The van der Waals surface area contributed by atoms with Crippen molar-refractivity contribution >= 4 is 34.5 Å². The number of carbonyl (C=O) groups excluding carboxylic acids is 2. The Morgan fingerprint density at radius 1 is 0.824 bits per heavy atom. The van der Waals surface area contributed by atoms with Crippen molar-refractivity contribution in [3.8, 4) is 11.3 Å². The number of rotatable bonds is 6. The van der Waals surface area contributed by atoms with Gasteiger partial charge in [0.25, 0.3) is 11.8 Å². The lowest BCUT2D eigenvalue weighted by Gasteiger charge is -2.11. The summed E-state index contributed by atoms with van der Waals surface area (Å²) in [5.41, 5.74) is 2.92. The first-order valence-electron chi connectivity index (χ1n) is 10.8. The van der Waals surface area contributed by atoms with Crippen molar-refractivity contribution in [1.29, 1.82) is 0 Å². The molecule has 2 heterocycles. The third-order valence-corrected chi connectivity index (χ3v) is 5.31. The minimum Gasteiger partial charge on any atom is -0.457 e. The molecule has 3 aromatic carbocycles. The molecule has 0 spiro atoms. The number of nitrogens with one attached hydrogen (secondary N) is 3. The lowest BCUT2D eigenvalue weighted by Crippen LogP contribution is -2.30. The van der Waals surface area contributed by atoms with E-state index in [0.29, 0.717) is 22.8 Å². The van der Waals surface area contributed by atoms with E-state index in [9.17, 15) is 9.59 Å². The molecule has 0 aliphatic heterocycles. The van der Waals surface area contributed by atoms with Crippen molar-refractivity contribution in [2.45, 2.75) is 0 Å². The smallest absolute Gasteiger partial charge is 0.272 e. The maximum Gasteiger partial charge on any atom is 0.272 e. The molecule has 0 bridgehead atoms. The van der Waals surface area contributed by atoms with Crippen LogP contribution in [0, 0.1) is 0 Å². The molecule has 2 amide bonds. The number of furan rings is 1. The number of fused-ring (bicyclic) bond motifs is 1. The summed E-state index contributed by atoms with van der Waals surface area (Å²) in [5.74, 6) is 0.250. The highest BCUT2D eigenvalue weighted by Gasteiger charge is 2.16. The second-order valence-electron chi connectivity index (χ2n) is 7.68. The molecule has 34 heavy (non-hydrogen) atoms. The molecule has 0 saturated heterocycles. The van der Waals surface area contributed by atoms with Crippen LogP contribution >= 0.6 is 0 Å². The fraction of sp³-hybridized carbons (Fsp3) is 0. The van der Waals surface area contributed by atoms with Crippen LogP contribution in [0.5, 0.6) is 0 Å². The maximum absolute atomic E-state index is 13.2. The van der Waals surface area contributed by atoms with Crippen LogP contribution in [0.1, 0.15) is 16.1 Å². The van der Waals surface area contributed by atoms with E-state index < -0.39 is 11.8 Å². The third kappa shape index (κ3) is 4.66. The van der Waals surface area contributed by atoms with E-state index >= 15 is 0 Å². The highest BCUT2D eigenvalue weighted by atomic mass is 16.3. The van der Waals surface area contributed by atoms with Gasteiger partial charge >= 0.3 is 0 Å².